The van der Waals surface area contributed by atoms with Gasteiger partial charge in [-0.2, -0.15) is 0 Å². The predicted molar refractivity (Wildman–Crippen MR) is 79.1 cm³/mol. The van der Waals surface area contributed by atoms with Crippen molar-refractivity contribution in [2.75, 3.05) is 0 Å². The number of rotatable bonds is 4. The first kappa shape index (κ1) is 14.1. The summed E-state index contributed by atoms with van der Waals surface area (Å²) in [5, 5.41) is 4.49. The van der Waals surface area contributed by atoms with Crippen molar-refractivity contribution in [3.63, 3.8) is 0 Å². The van der Waals surface area contributed by atoms with Crippen LogP contribution in [0.25, 0.3) is 10.7 Å². The van der Waals surface area contributed by atoms with Gasteiger partial charge in [0.25, 0.3) is 0 Å². The Morgan fingerprint density at radius 2 is 2.11 bits per heavy atom. The zero-order valence-corrected chi connectivity index (χ0v) is 12.7. The molecule has 0 bridgehead atoms. The Bertz CT molecular complexity index is 528. The highest BCUT2D eigenvalue weighted by atomic mass is 32.1. The van der Waals surface area contributed by atoms with Crippen molar-refractivity contribution < 1.29 is 0 Å². The minimum atomic E-state index is 0.115. The molecular weight excluding hydrogens is 256 g/mol. The monoisotopic (exact) mass is 276 g/mol. The van der Waals surface area contributed by atoms with E-state index < -0.39 is 0 Å². The van der Waals surface area contributed by atoms with Gasteiger partial charge in [-0.05, 0) is 33.3 Å². The van der Waals surface area contributed by atoms with Crippen LogP contribution in [0.4, 0.5) is 0 Å². The lowest BCUT2D eigenvalue weighted by atomic mass is 10.1. The minimum Gasteiger partial charge on any atom is -0.307 e. The van der Waals surface area contributed by atoms with Gasteiger partial charge in [0, 0.05) is 23.2 Å². The lowest BCUT2D eigenvalue weighted by Crippen LogP contribution is -2.35. The molecule has 0 radical (unpaired) electrons. The molecule has 0 saturated carbocycles. The number of hydrogen-bond acceptors (Lipinski definition) is 5. The molecule has 0 aliphatic heterocycles. The van der Waals surface area contributed by atoms with E-state index in [4.69, 9.17) is 0 Å². The van der Waals surface area contributed by atoms with Crippen molar-refractivity contribution in [3.05, 3.63) is 29.2 Å². The van der Waals surface area contributed by atoms with Crippen molar-refractivity contribution in [2.45, 2.75) is 46.2 Å². The smallest absolute Gasteiger partial charge is 0.142 e. The van der Waals surface area contributed by atoms with Crippen LogP contribution in [0.5, 0.6) is 0 Å². The highest BCUT2D eigenvalue weighted by molar-refractivity contribution is 7.15. The van der Waals surface area contributed by atoms with E-state index in [0.717, 1.165) is 29.4 Å². The molecule has 0 fully saturated rings. The molecule has 102 valence electrons. The van der Waals surface area contributed by atoms with Crippen molar-refractivity contribution in [2.24, 2.45) is 0 Å². The van der Waals surface area contributed by atoms with Gasteiger partial charge in [0.15, 0.2) is 0 Å². The maximum absolute atomic E-state index is 4.69. The minimum absolute atomic E-state index is 0.115. The third-order valence-corrected chi connectivity index (χ3v) is 3.81. The summed E-state index contributed by atoms with van der Waals surface area (Å²) < 4.78 is 0. The Hall–Kier alpha value is -1.33. The van der Waals surface area contributed by atoms with Gasteiger partial charge < -0.3 is 5.32 Å². The van der Waals surface area contributed by atoms with Gasteiger partial charge >= 0.3 is 0 Å². The van der Waals surface area contributed by atoms with Crippen LogP contribution < -0.4 is 5.32 Å². The average molecular weight is 276 g/mol. The number of nitrogens with zero attached hydrogens (tertiary/aromatic N) is 3. The normalized spacial score (nSPS) is 11.8. The van der Waals surface area contributed by atoms with Crippen LogP contribution in [0.1, 0.15) is 38.3 Å². The summed E-state index contributed by atoms with van der Waals surface area (Å²) in [6.45, 7) is 9.51. The van der Waals surface area contributed by atoms with Crippen LogP contribution in [-0.2, 0) is 13.0 Å². The topological polar surface area (TPSA) is 50.7 Å². The molecule has 0 aliphatic rings. The van der Waals surface area contributed by atoms with Gasteiger partial charge in [-0.15, -0.1) is 11.3 Å². The Balaban J connectivity index is 2.23. The summed E-state index contributed by atoms with van der Waals surface area (Å²) in [5.41, 5.74) is 2.18. The summed E-state index contributed by atoms with van der Waals surface area (Å²) in [6.07, 6.45) is 4.26. The maximum Gasteiger partial charge on any atom is 0.142 e. The van der Waals surface area contributed by atoms with Crippen molar-refractivity contribution in [1.29, 1.82) is 0 Å². The second-order valence-electron chi connectivity index (χ2n) is 5.44. The first-order chi connectivity index (χ1) is 8.99. The van der Waals surface area contributed by atoms with Gasteiger partial charge in [0.1, 0.15) is 17.0 Å². The molecule has 4 nitrogen and oxygen atoms in total. The summed E-state index contributed by atoms with van der Waals surface area (Å²) in [7, 11) is 0. The number of hydrogen-bond donors (Lipinski definition) is 1. The highest BCUT2D eigenvalue weighted by Crippen LogP contribution is 2.27. The lowest BCUT2D eigenvalue weighted by molar-refractivity contribution is 0.425. The molecule has 0 aliphatic carbocycles. The third kappa shape index (κ3) is 3.81. The average Bonchev–Trinajstić information content (AvgIpc) is 2.80. The van der Waals surface area contributed by atoms with E-state index in [1.54, 1.807) is 23.9 Å². The van der Waals surface area contributed by atoms with Gasteiger partial charge in [0.05, 0.1) is 5.69 Å². The molecule has 0 saturated heterocycles. The van der Waals surface area contributed by atoms with E-state index in [-0.39, 0.29) is 5.54 Å². The Morgan fingerprint density at radius 1 is 1.32 bits per heavy atom. The van der Waals surface area contributed by atoms with Crippen LogP contribution in [0.15, 0.2) is 18.6 Å². The van der Waals surface area contributed by atoms with Crippen molar-refractivity contribution in [3.8, 4) is 10.7 Å². The van der Waals surface area contributed by atoms with Gasteiger partial charge in [-0.3, -0.25) is 0 Å². The quantitative estimate of drug-likeness (QED) is 0.932. The molecule has 19 heavy (non-hydrogen) atoms. The molecule has 0 unspecified atom stereocenters. The van der Waals surface area contributed by atoms with E-state index in [9.17, 15) is 0 Å². The molecule has 2 aromatic heterocycles. The molecule has 0 aromatic carbocycles. The Morgan fingerprint density at radius 3 is 2.68 bits per heavy atom. The SMILES string of the molecule is CCc1nc(-c2ccncn2)sc1CNC(C)(C)C. The summed E-state index contributed by atoms with van der Waals surface area (Å²) in [6, 6.07) is 1.90. The predicted octanol–water partition coefficient (Wildman–Crippen LogP) is 3.05. The second kappa shape index (κ2) is 5.75. The van der Waals surface area contributed by atoms with Crippen LogP contribution in [0, 0.1) is 0 Å². The van der Waals surface area contributed by atoms with E-state index in [1.165, 1.54) is 4.88 Å². The first-order valence-corrected chi connectivity index (χ1v) is 7.31. The lowest BCUT2D eigenvalue weighted by Gasteiger charge is -2.20. The molecule has 0 amide bonds. The van der Waals surface area contributed by atoms with E-state index in [0.29, 0.717) is 0 Å². The van der Waals surface area contributed by atoms with E-state index in [2.05, 4.69) is 48.0 Å². The number of thiazole rings is 1. The zero-order chi connectivity index (χ0) is 13.9. The van der Waals surface area contributed by atoms with Crippen LogP contribution >= 0.6 is 11.3 Å². The van der Waals surface area contributed by atoms with Crippen LogP contribution in [0.2, 0.25) is 0 Å². The fourth-order valence-corrected chi connectivity index (χ4v) is 2.74. The fourth-order valence-electron chi connectivity index (χ4n) is 1.67. The zero-order valence-electron chi connectivity index (χ0n) is 11.9. The van der Waals surface area contributed by atoms with E-state index >= 15 is 0 Å². The van der Waals surface area contributed by atoms with Gasteiger partial charge in [0.2, 0.25) is 0 Å². The first-order valence-electron chi connectivity index (χ1n) is 6.49. The molecule has 2 heterocycles. The van der Waals surface area contributed by atoms with Gasteiger partial charge in [-0.1, -0.05) is 6.92 Å². The molecule has 5 heteroatoms. The van der Waals surface area contributed by atoms with Gasteiger partial charge in [-0.25, -0.2) is 15.0 Å². The van der Waals surface area contributed by atoms with Crippen molar-refractivity contribution in [1.82, 2.24) is 20.3 Å². The van der Waals surface area contributed by atoms with Crippen molar-refractivity contribution >= 4 is 11.3 Å². The van der Waals surface area contributed by atoms with Crippen LogP contribution in [0.3, 0.4) is 0 Å². The number of aromatic nitrogens is 3. The van der Waals surface area contributed by atoms with E-state index in [1.807, 2.05) is 6.07 Å². The fraction of sp³-hybridized carbons (Fsp3) is 0.500. The molecule has 2 rings (SSSR count). The largest absolute Gasteiger partial charge is 0.307 e. The Kier molecular flexibility index (Phi) is 4.27. The molecule has 0 spiro atoms. The maximum atomic E-state index is 4.69. The third-order valence-electron chi connectivity index (χ3n) is 2.69. The van der Waals surface area contributed by atoms with Crippen LogP contribution in [-0.4, -0.2) is 20.5 Å². The highest BCUT2D eigenvalue weighted by Gasteiger charge is 2.15. The number of nitrogens with one attached hydrogen (secondary N) is 1. The molecule has 2 aromatic rings. The molecule has 0 atom stereocenters. The Labute approximate surface area is 118 Å². The number of aryl methyl sites for hydroxylation is 1. The second-order valence-corrected chi connectivity index (χ2v) is 6.52. The standard InChI is InChI=1S/C14H20N4S/c1-5-10-12(8-17-14(2,3)4)19-13(18-10)11-6-7-15-9-16-11/h6-7,9,17H,5,8H2,1-4H3. The summed E-state index contributed by atoms with van der Waals surface area (Å²) in [5.74, 6) is 0. The summed E-state index contributed by atoms with van der Waals surface area (Å²) in [4.78, 5) is 14.2. The summed E-state index contributed by atoms with van der Waals surface area (Å²) >= 11 is 1.71. The molecular formula is C14H20N4S. The molecule has 1 N–H and O–H groups in total.